The summed E-state index contributed by atoms with van der Waals surface area (Å²) >= 11 is 0. The molecule has 2 aromatic rings. The molecule has 2 heterocycles. The summed E-state index contributed by atoms with van der Waals surface area (Å²) in [7, 11) is 4.22. The van der Waals surface area contributed by atoms with Gasteiger partial charge in [0.15, 0.2) is 5.43 Å². The number of aromatic amines is 1. The number of aromatic nitrogens is 1. The Morgan fingerprint density at radius 1 is 1.35 bits per heavy atom. The Hall–Kier alpha value is -1.72. The van der Waals surface area contributed by atoms with Gasteiger partial charge in [-0.1, -0.05) is 0 Å². The van der Waals surface area contributed by atoms with Crippen molar-refractivity contribution in [2.45, 2.75) is 32.4 Å². The van der Waals surface area contributed by atoms with Crippen LogP contribution in [0.5, 0.6) is 0 Å². The van der Waals surface area contributed by atoms with Crippen LogP contribution in [0.4, 0.5) is 4.39 Å². The Morgan fingerprint density at radius 3 is 2.74 bits per heavy atom. The molecule has 0 aliphatic carbocycles. The maximum atomic E-state index is 13.5. The number of halogens is 1. The van der Waals surface area contributed by atoms with E-state index in [9.17, 15) is 9.18 Å². The van der Waals surface area contributed by atoms with Crippen LogP contribution in [0.3, 0.4) is 0 Å². The van der Waals surface area contributed by atoms with Gasteiger partial charge in [0, 0.05) is 34.7 Å². The van der Waals surface area contributed by atoms with Gasteiger partial charge in [0.25, 0.3) is 0 Å². The van der Waals surface area contributed by atoms with E-state index in [1.807, 2.05) is 6.92 Å². The number of nitrogens with one attached hydrogen (secondary N) is 1. The van der Waals surface area contributed by atoms with Gasteiger partial charge in [-0.15, -0.1) is 0 Å². The molecule has 5 heteroatoms. The number of hydrogen-bond donors (Lipinski definition) is 1. The maximum Gasteiger partial charge on any atom is 0.194 e. The van der Waals surface area contributed by atoms with Gasteiger partial charge in [-0.2, -0.15) is 0 Å². The zero-order chi connectivity index (χ0) is 16.6. The summed E-state index contributed by atoms with van der Waals surface area (Å²) in [6.45, 7) is 4.70. The first-order valence-corrected chi connectivity index (χ1v) is 8.15. The van der Waals surface area contributed by atoms with Crippen molar-refractivity contribution < 1.29 is 4.39 Å². The smallest absolute Gasteiger partial charge is 0.194 e. The molecule has 1 aliphatic rings. The van der Waals surface area contributed by atoms with Crippen molar-refractivity contribution in [3.05, 3.63) is 45.5 Å². The number of rotatable bonds is 3. The quantitative estimate of drug-likeness (QED) is 0.945. The van der Waals surface area contributed by atoms with Crippen LogP contribution >= 0.6 is 0 Å². The minimum Gasteiger partial charge on any atom is -0.358 e. The minimum atomic E-state index is -0.374. The van der Waals surface area contributed by atoms with E-state index in [0.29, 0.717) is 23.5 Å². The van der Waals surface area contributed by atoms with E-state index in [1.54, 1.807) is 6.07 Å². The van der Waals surface area contributed by atoms with E-state index in [0.717, 1.165) is 37.2 Å². The number of piperidine rings is 1. The van der Waals surface area contributed by atoms with Gasteiger partial charge in [0.05, 0.1) is 0 Å². The summed E-state index contributed by atoms with van der Waals surface area (Å²) in [5.74, 6) is -0.374. The fourth-order valence-corrected chi connectivity index (χ4v) is 3.43. The van der Waals surface area contributed by atoms with Gasteiger partial charge in [-0.3, -0.25) is 9.69 Å². The van der Waals surface area contributed by atoms with Crippen LogP contribution in [0.25, 0.3) is 10.9 Å². The maximum absolute atomic E-state index is 13.5. The van der Waals surface area contributed by atoms with Crippen LogP contribution < -0.4 is 5.43 Å². The number of fused-ring (bicyclic) bond motifs is 1. The third-order valence-corrected chi connectivity index (χ3v) is 4.99. The molecule has 0 saturated carbocycles. The third-order valence-electron chi connectivity index (χ3n) is 4.99. The monoisotopic (exact) mass is 317 g/mol. The zero-order valence-corrected chi connectivity index (χ0v) is 14.0. The van der Waals surface area contributed by atoms with Gasteiger partial charge >= 0.3 is 0 Å². The summed E-state index contributed by atoms with van der Waals surface area (Å²) < 4.78 is 13.5. The van der Waals surface area contributed by atoms with Gasteiger partial charge in [-0.05, 0) is 65.1 Å². The van der Waals surface area contributed by atoms with Crippen molar-refractivity contribution in [3.63, 3.8) is 0 Å². The molecule has 0 amide bonds. The highest BCUT2D eigenvalue weighted by Crippen LogP contribution is 2.18. The molecule has 3 rings (SSSR count). The standard InChI is InChI=1S/C18H24FN3O/c1-12-16(11-22(3)14-6-8-21(2)9-7-14)18(23)15-10-13(19)4-5-17(15)20-12/h4-5,10,14H,6-9,11H2,1-3H3,(H,20,23). The first-order chi connectivity index (χ1) is 11.0. The van der Waals surface area contributed by atoms with Gasteiger partial charge < -0.3 is 9.88 Å². The number of hydrogen-bond acceptors (Lipinski definition) is 3. The third kappa shape index (κ3) is 3.31. The van der Waals surface area contributed by atoms with Crippen molar-refractivity contribution in [1.82, 2.24) is 14.8 Å². The molecule has 23 heavy (non-hydrogen) atoms. The number of benzene rings is 1. The van der Waals surface area contributed by atoms with E-state index in [2.05, 4.69) is 28.9 Å². The summed E-state index contributed by atoms with van der Waals surface area (Å²) in [6, 6.07) is 4.83. The molecule has 4 nitrogen and oxygen atoms in total. The predicted molar refractivity (Wildman–Crippen MR) is 91.2 cm³/mol. The fourth-order valence-electron chi connectivity index (χ4n) is 3.43. The number of pyridine rings is 1. The largest absolute Gasteiger partial charge is 0.358 e. The zero-order valence-electron chi connectivity index (χ0n) is 14.0. The Morgan fingerprint density at radius 2 is 2.04 bits per heavy atom. The van der Waals surface area contributed by atoms with E-state index in [1.165, 1.54) is 12.1 Å². The van der Waals surface area contributed by atoms with E-state index in [-0.39, 0.29) is 11.2 Å². The number of H-pyrrole nitrogens is 1. The Balaban J connectivity index is 1.89. The second kappa shape index (κ2) is 6.42. The Labute approximate surface area is 135 Å². The van der Waals surface area contributed by atoms with Crippen LogP contribution in [-0.2, 0) is 6.54 Å². The van der Waals surface area contributed by atoms with Crippen LogP contribution in [0.1, 0.15) is 24.1 Å². The average Bonchev–Trinajstić information content (AvgIpc) is 2.53. The predicted octanol–water partition coefficient (Wildman–Crippen LogP) is 2.50. The highest BCUT2D eigenvalue weighted by Gasteiger charge is 2.22. The summed E-state index contributed by atoms with van der Waals surface area (Å²) in [5.41, 5.74) is 2.24. The molecule has 0 radical (unpaired) electrons. The Bertz CT molecular complexity index is 763. The van der Waals surface area contributed by atoms with Crippen molar-refractivity contribution in [3.8, 4) is 0 Å². The van der Waals surface area contributed by atoms with Crippen molar-refractivity contribution in [2.24, 2.45) is 0 Å². The molecule has 1 aliphatic heterocycles. The van der Waals surface area contributed by atoms with Gasteiger partial charge in [0.1, 0.15) is 5.82 Å². The average molecular weight is 317 g/mol. The number of nitrogens with zero attached hydrogens (tertiary/aromatic N) is 2. The minimum absolute atomic E-state index is 0.0597. The second-order valence-corrected chi connectivity index (χ2v) is 6.70. The molecule has 124 valence electrons. The van der Waals surface area contributed by atoms with Crippen molar-refractivity contribution in [2.75, 3.05) is 27.2 Å². The molecule has 1 saturated heterocycles. The van der Waals surface area contributed by atoms with E-state index < -0.39 is 0 Å². The lowest BCUT2D eigenvalue weighted by Gasteiger charge is -2.35. The first kappa shape index (κ1) is 16.1. The van der Waals surface area contributed by atoms with E-state index >= 15 is 0 Å². The molecule has 1 N–H and O–H groups in total. The topological polar surface area (TPSA) is 39.3 Å². The number of aryl methyl sites for hydroxylation is 1. The van der Waals surface area contributed by atoms with Crippen LogP contribution in [0, 0.1) is 12.7 Å². The van der Waals surface area contributed by atoms with Crippen LogP contribution in [0.15, 0.2) is 23.0 Å². The molecular formula is C18H24FN3O. The van der Waals surface area contributed by atoms with Crippen LogP contribution in [0.2, 0.25) is 0 Å². The lowest BCUT2D eigenvalue weighted by molar-refractivity contribution is 0.139. The molecule has 0 atom stereocenters. The van der Waals surface area contributed by atoms with Crippen molar-refractivity contribution >= 4 is 10.9 Å². The lowest BCUT2D eigenvalue weighted by atomic mass is 10.0. The van der Waals surface area contributed by atoms with E-state index in [4.69, 9.17) is 0 Å². The summed E-state index contributed by atoms with van der Waals surface area (Å²) in [4.78, 5) is 20.6. The molecule has 1 aromatic heterocycles. The normalized spacial score (nSPS) is 17.3. The SMILES string of the molecule is Cc1[nH]c2ccc(F)cc2c(=O)c1CN(C)C1CCN(C)CC1. The first-order valence-electron chi connectivity index (χ1n) is 8.15. The van der Waals surface area contributed by atoms with Gasteiger partial charge in [-0.25, -0.2) is 4.39 Å². The van der Waals surface area contributed by atoms with Gasteiger partial charge in [0.2, 0.25) is 0 Å². The molecule has 1 fully saturated rings. The summed E-state index contributed by atoms with van der Waals surface area (Å²) in [6.07, 6.45) is 2.23. The highest BCUT2D eigenvalue weighted by molar-refractivity contribution is 5.79. The Kier molecular flexibility index (Phi) is 4.50. The molecule has 0 bridgehead atoms. The second-order valence-electron chi connectivity index (χ2n) is 6.70. The fraction of sp³-hybridized carbons (Fsp3) is 0.500. The molecule has 0 spiro atoms. The van der Waals surface area contributed by atoms with Crippen LogP contribution in [-0.4, -0.2) is 48.0 Å². The highest BCUT2D eigenvalue weighted by atomic mass is 19.1. The number of likely N-dealkylation sites (tertiary alicyclic amines) is 1. The molecular weight excluding hydrogens is 293 g/mol. The molecule has 0 unspecified atom stereocenters. The molecule has 1 aromatic carbocycles. The summed E-state index contributed by atoms with van der Waals surface area (Å²) in [5, 5.41) is 0.433. The van der Waals surface area contributed by atoms with Crippen molar-refractivity contribution in [1.29, 1.82) is 0 Å². The lowest BCUT2D eigenvalue weighted by Crippen LogP contribution is -2.42.